The van der Waals surface area contributed by atoms with E-state index in [1.54, 1.807) is 36.9 Å². The maximum Gasteiger partial charge on any atom is 0.315 e. The van der Waals surface area contributed by atoms with Gasteiger partial charge in [-0.15, -0.1) is 0 Å². The molecule has 1 N–H and O–H groups in total. The monoisotopic (exact) mass is 264 g/mol. The summed E-state index contributed by atoms with van der Waals surface area (Å²) < 4.78 is 1.59. The zero-order valence-electron chi connectivity index (χ0n) is 10.1. The van der Waals surface area contributed by atoms with E-state index in [1.165, 1.54) is 0 Å². The summed E-state index contributed by atoms with van der Waals surface area (Å²) in [6, 6.07) is 8.97. The Bertz CT molecular complexity index is 590. The number of rotatable bonds is 3. The fourth-order valence-corrected chi connectivity index (χ4v) is 1.76. The van der Waals surface area contributed by atoms with Crippen molar-refractivity contribution >= 4 is 17.6 Å². The van der Waals surface area contributed by atoms with Crippen molar-refractivity contribution in [1.29, 1.82) is 0 Å². The number of para-hydroxylation sites is 1. The van der Waals surface area contributed by atoms with Crippen LogP contribution in [0.2, 0.25) is 5.02 Å². The van der Waals surface area contributed by atoms with E-state index in [-0.39, 0.29) is 0 Å². The molecule has 2 aromatic rings. The summed E-state index contributed by atoms with van der Waals surface area (Å²) in [4.78, 5) is 11.2. The van der Waals surface area contributed by atoms with Crippen LogP contribution >= 0.6 is 11.6 Å². The molecule has 0 bridgehead atoms. The maximum atomic E-state index is 11.2. The Balaban J connectivity index is 2.44. The maximum absolute atomic E-state index is 11.2. The van der Waals surface area contributed by atoms with Gasteiger partial charge in [0.25, 0.3) is 0 Å². The second-order valence-corrected chi connectivity index (χ2v) is 4.93. The first-order chi connectivity index (χ1) is 8.43. The molecule has 2 rings (SSSR count). The molecule has 0 saturated heterocycles. The molecule has 1 aromatic carbocycles. The van der Waals surface area contributed by atoms with E-state index in [0.29, 0.717) is 10.7 Å². The van der Waals surface area contributed by atoms with Crippen LogP contribution in [0.4, 0.5) is 0 Å². The molecule has 0 aliphatic carbocycles. The Morgan fingerprint density at radius 3 is 2.61 bits per heavy atom. The van der Waals surface area contributed by atoms with E-state index in [9.17, 15) is 4.79 Å². The molecule has 0 aliphatic heterocycles. The Kier molecular flexibility index (Phi) is 3.13. The number of halogens is 1. The van der Waals surface area contributed by atoms with E-state index in [4.69, 9.17) is 16.7 Å². The Morgan fingerprint density at radius 1 is 1.33 bits per heavy atom. The molecule has 1 aromatic heterocycles. The zero-order chi connectivity index (χ0) is 13.3. The Hall–Kier alpha value is -1.81. The van der Waals surface area contributed by atoms with Gasteiger partial charge >= 0.3 is 5.97 Å². The summed E-state index contributed by atoms with van der Waals surface area (Å²) in [7, 11) is 0. The van der Waals surface area contributed by atoms with Crippen molar-refractivity contribution in [2.45, 2.75) is 19.3 Å². The van der Waals surface area contributed by atoms with Gasteiger partial charge < -0.3 is 5.11 Å². The number of benzene rings is 1. The molecule has 18 heavy (non-hydrogen) atoms. The second kappa shape index (κ2) is 4.46. The fraction of sp³-hybridized carbons (Fsp3) is 0.231. The van der Waals surface area contributed by atoms with E-state index in [2.05, 4.69) is 5.10 Å². The third kappa shape index (κ3) is 2.11. The highest BCUT2D eigenvalue weighted by Crippen LogP contribution is 2.24. The number of aliphatic carboxylic acids is 1. The summed E-state index contributed by atoms with van der Waals surface area (Å²) in [5.74, 6) is -0.910. The summed E-state index contributed by atoms with van der Waals surface area (Å²) in [5.41, 5.74) is 0.202. The van der Waals surface area contributed by atoms with Crippen LogP contribution in [0.15, 0.2) is 36.5 Å². The standard InChI is InChI=1S/C13H13ClN2O2/c1-13(2,12(17)18)11-7-8-16(15-11)10-6-4-3-5-9(10)14/h3-8H,1-2H3,(H,17,18). The van der Waals surface area contributed by atoms with Crippen LogP contribution in [0.25, 0.3) is 5.69 Å². The SMILES string of the molecule is CC(C)(C(=O)O)c1ccn(-c2ccccc2Cl)n1. The lowest BCUT2D eigenvalue weighted by Crippen LogP contribution is -2.29. The van der Waals surface area contributed by atoms with Crippen molar-refractivity contribution in [2.75, 3.05) is 0 Å². The lowest BCUT2D eigenvalue weighted by Gasteiger charge is -2.15. The minimum absolute atomic E-state index is 0.495. The van der Waals surface area contributed by atoms with Crippen LogP contribution in [0, 0.1) is 0 Å². The quantitative estimate of drug-likeness (QED) is 0.927. The third-order valence-electron chi connectivity index (χ3n) is 2.86. The Labute approximate surface area is 110 Å². The predicted molar refractivity (Wildman–Crippen MR) is 69.2 cm³/mol. The number of hydrogen-bond acceptors (Lipinski definition) is 2. The van der Waals surface area contributed by atoms with Crippen LogP contribution in [0.3, 0.4) is 0 Å². The van der Waals surface area contributed by atoms with Crippen molar-refractivity contribution < 1.29 is 9.90 Å². The molecule has 1 heterocycles. The molecule has 0 radical (unpaired) electrons. The van der Waals surface area contributed by atoms with Crippen LogP contribution in [0.5, 0.6) is 0 Å². The van der Waals surface area contributed by atoms with Gasteiger partial charge in [-0.3, -0.25) is 4.79 Å². The van der Waals surface area contributed by atoms with Gasteiger partial charge in [0.05, 0.1) is 16.4 Å². The van der Waals surface area contributed by atoms with Crippen molar-refractivity contribution in [3.8, 4) is 5.69 Å². The average Bonchev–Trinajstić information content (AvgIpc) is 2.79. The fourth-order valence-electron chi connectivity index (χ4n) is 1.54. The number of carboxylic acids is 1. The highest BCUT2D eigenvalue weighted by atomic mass is 35.5. The lowest BCUT2D eigenvalue weighted by molar-refractivity contribution is -0.142. The number of hydrogen-bond donors (Lipinski definition) is 1. The first-order valence-corrected chi connectivity index (χ1v) is 5.85. The van der Waals surface area contributed by atoms with Gasteiger partial charge in [-0.2, -0.15) is 5.10 Å². The van der Waals surface area contributed by atoms with Crippen LogP contribution in [-0.4, -0.2) is 20.9 Å². The molecule has 0 amide bonds. The predicted octanol–water partition coefficient (Wildman–Crippen LogP) is 2.89. The molecule has 5 heteroatoms. The summed E-state index contributed by atoms with van der Waals surface area (Å²) in [5, 5.41) is 14.0. The summed E-state index contributed by atoms with van der Waals surface area (Å²) in [6.45, 7) is 3.24. The molecular weight excluding hydrogens is 252 g/mol. The molecule has 4 nitrogen and oxygen atoms in total. The van der Waals surface area contributed by atoms with Crippen molar-refractivity contribution in [1.82, 2.24) is 9.78 Å². The highest BCUT2D eigenvalue weighted by Gasteiger charge is 2.32. The van der Waals surface area contributed by atoms with Gasteiger partial charge in [0.1, 0.15) is 5.41 Å². The molecule has 0 unspecified atom stereocenters. The average molecular weight is 265 g/mol. The van der Waals surface area contributed by atoms with Gasteiger partial charge in [-0.05, 0) is 32.0 Å². The van der Waals surface area contributed by atoms with Gasteiger partial charge in [-0.25, -0.2) is 4.68 Å². The first kappa shape index (κ1) is 12.6. The normalized spacial score (nSPS) is 11.5. The molecular formula is C13H13ClN2O2. The zero-order valence-corrected chi connectivity index (χ0v) is 10.8. The van der Waals surface area contributed by atoms with Gasteiger partial charge in [0.2, 0.25) is 0 Å². The minimum atomic E-state index is -1.02. The van der Waals surface area contributed by atoms with Crippen molar-refractivity contribution in [2.24, 2.45) is 0 Å². The molecule has 0 fully saturated rings. The molecule has 0 spiro atoms. The van der Waals surface area contributed by atoms with Crippen LogP contribution in [-0.2, 0) is 10.2 Å². The van der Waals surface area contributed by atoms with E-state index in [1.807, 2.05) is 18.2 Å². The van der Waals surface area contributed by atoms with E-state index < -0.39 is 11.4 Å². The number of carbonyl (C=O) groups is 1. The molecule has 0 saturated carbocycles. The van der Waals surface area contributed by atoms with Crippen LogP contribution < -0.4 is 0 Å². The molecule has 0 atom stereocenters. The Morgan fingerprint density at radius 2 is 2.00 bits per heavy atom. The highest BCUT2D eigenvalue weighted by molar-refractivity contribution is 6.32. The van der Waals surface area contributed by atoms with Crippen molar-refractivity contribution in [3.05, 3.63) is 47.2 Å². The van der Waals surface area contributed by atoms with Gasteiger partial charge in [-0.1, -0.05) is 23.7 Å². The van der Waals surface area contributed by atoms with Crippen LogP contribution in [0.1, 0.15) is 19.5 Å². The van der Waals surface area contributed by atoms with Gasteiger partial charge in [0, 0.05) is 6.20 Å². The number of carboxylic acid groups (broad SMARTS) is 1. The first-order valence-electron chi connectivity index (χ1n) is 5.47. The second-order valence-electron chi connectivity index (χ2n) is 4.53. The van der Waals surface area contributed by atoms with E-state index >= 15 is 0 Å². The minimum Gasteiger partial charge on any atom is -0.481 e. The third-order valence-corrected chi connectivity index (χ3v) is 3.18. The summed E-state index contributed by atoms with van der Waals surface area (Å²) >= 11 is 6.07. The molecule has 94 valence electrons. The lowest BCUT2D eigenvalue weighted by atomic mass is 9.90. The summed E-state index contributed by atoms with van der Waals surface area (Å²) in [6.07, 6.45) is 1.71. The number of nitrogens with zero attached hydrogens (tertiary/aromatic N) is 2. The topological polar surface area (TPSA) is 55.1 Å². The van der Waals surface area contributed by atoms with Gasteiger partial charge in [0.15, 0.2) is 0 Å². The smallest absolute Gasteiger partial charge is 0.315 e. The number of aromatic nitrogens is 2. The van der Waals surface area contributed by atoms with Crippen molar-refractivity contribution in [3.63, 3.8) is 0 Å². The molecule has 0 aliphatic rings. The van der Waals surface area contributed by atoms with E-state index in [0.717, 1.165) is 5.69 Å². The largest absolute Gasteiger partial charge is 0.481 e.